The van der Waals surface area contributed by atoms with E-state index < -0.39 is 0 Å². The number of aryl methyl sites for hydroxylation is 4. The molecule has 4 heteroatoms. The number of nitrogens with zero attached hydrogens (tertiary/aromatic N) is 4. The average molecular weight is 675 g/mol. The largest absolute Gasteiger partial charge is 0.311 e. The van der Waals surface area contributed by atoms with Crippen molar-refractivity contribution in [3.63, 3.8) is 0 Å². The molecule has 0 amide bonds. The normalized spacial score (nSPS) is 11.3. The van der Waals surface area contributed by atoms with Gasteiger partial charge in [0.15, 0.2) is 0 Å². The third-order valence-corrected chi connectivity index (χ3v) is 9.03. The Morgan fingerprint density at radius 3 is 0.846 bits per heavy atom. The third kappa shape index (κ3) is 8.26. The van der Waals surface area contributed by atoms with Gasteiger partial charge in [0, 0.05) is 46.6 Å². The second kappa shape index (κ2) is 15.6. The van der Waals surface area contributed by atoms with Gasteiger partial charge in [0.1, 0.15) is 0 Å². The van der Waals surface area contributed by atoms with E-state index in [1.54, 1.807) is 0 Å². The quantitative estimate of drug-likeness (QED) is 0.135. The molecule has 0 aliphatic carbocycles. The van der Waals surface area contributed by atoms with Crippen molar-refractivity contribution in [1.82, 2.24) is 0 Å². The molecule has 0 aliphatic rings. The summed E-state index contributed by atoms with van der Waals surface area (Å²) in [6.45, 7) is 8.45. The van der Waals surface area contributed by atoms with Gasteiger partial charge in [0.25, 0.3) is 0 Å². The van der Waals surface area contributed by atoms with E-state index in [4.69, 9.17) is 9.98 Å². The fourth-order valence-electron chi connectivity index (χ4n) is 6.04. The van der Waals surface area contributed by atoms with Crippen molar-refractivity contribution >= 4 is 57.9 Å². The molecule has 0 unspecified atom stereocenters. The van der Waals surface area contributed by atoms with E-state index in [0.717, 1.165) is 56.6 Å². The molecule has 0 saturated carbocycles. The van der Waals surface area contributed by atoms with Gasteiger partial charge in [-0.25, -0.2) is 0 Å². The monoisotopic (exact) mass is 674 g/mol. The zero-order valence-corrected chi connectivity index (χ0v) is 30.1. The zero-order valence-electron chi connectivity index (χ0n) is 30.1. The van der Waals surface area contributed by atoms with E-state index in [2.05, 4.69) is 183 Å². The summed E-state index contributed by atoms with van der Waals surface area (Å²) in [5.41, 5.74) is 15.4. The van der Waals surface area contributed by atoms with E-state index in [-0.39, 0.29) is 0 Å². The molecule has 0 saturated heterocycles. The molecule has 0 aliphatic heterocycles. The fourth-order valence-corrected chi connectivity index (χ4v) is 6.04. The van der Waals surface area contributed by atoms with Crippen LogP contribution >= 0.6 is 0 Å². The molecule has 7 aromatic rings. The SMILES string of the molecule is Cc1ccc(N(c2ccc(C)cc2)c2ccc(C=Nc3cccc(N=Cc4ccc(N(c5ccc(C)cc5)c5ccc(C)cc5)cc4)c3)cc2)cc1. The molecule has 52 heavy (non-hydrogen) atoms. The number of anilines is 6. The molecule has 0 bridgehead atoms. The van der Waals surface area contributed by atoms with E-state index in [1.165, 1.54) is 22.3 Å². The van der Waals surface area contributed by atoms with E-state index in [1.807, 2.05) is 36.7 Å². The van der Waals surface area contributed by atoms with Crippen LogP contribution in [0.1, 0.15) is 33.4 Å². The second-order valence-electron chi connectivity index (χ2n) is 13.2. The summed E-state index contributed by atoms with van der Waals surface area (Å²) in [7, 11) is 0. The van der Waals surface area contributed by atoms with Crippen LogP contribution in [0.15, 0.2) is 180 Å². The predicted octanol–water partition coefficient (Wildman–Crippen LogP) is 13.4. The van der Waals surface area contributed by atoms with Crippen LogP contribution in [-0.2, 0) is 0 Å². The predicted molar refractivity (Wildman–Crippen MR) is 222 cm³/mol. The summed E-state index contributed by atoms with van der Waals surface area (Å²) < 4.78 is 0. The van der Waals surface area contributed by atoms with Crippen LogP contribution in [0.2, 0.25) is 0 Å². The highest BCUT2D eigenvalue weighted by Gasteiger charge is 2.13. The van der Waals surface area contributed by atoms with Gasteiger partial charge in [-0.05, 0) is 130 Å². The smallest absolute Gasteiger partial charge is 0.0651 e. The van der Waals surface area contributed by atoms with Crippen LogP contribution in [0.5, 0.6) is 0 Å². The molecular weight excluding hydrogens is 633 g/mol. The van der Waals surface area contributed by atoms with Gasteiger partial charge in [-0.2, -0.15) is 0 Å². The highest BCUT2D eigenvalue weighted by atomic mass is 15.1. The summed E-state index contributed by atoms with van der Waals surface area (Å²) in [6, 6.07) is 59.6. The molecular formula is C48H42N4. The number of hydrogen-bond donors (Lipinski definition) is 0. The molecule has 254 valence electrons. The molecule has 0 atom stereocenters. The van der Waals surface area contributed by atoms with Crippen LogP contribution in [0.25, 0.3) is 0 Å². The molecule has 0 heterocycles. The van der Waals surface area contributed by atoms with E-state index in [0.29, 0.717) is 0 Å². The fraction of sp³-hybridized carbons (Fsp3) is 0.0833. The van der Waals surface area contributed by atoms with Gasteiger partial charge in [-0.3, -0.25) is 9.98 Å². The highest BCUT2D eigenvalue weighted by molar-refractivity contribution is 5.86. The average Bonchev–Trinajstić information content (AvgIpc) is 3.17. The second-order valence-corrected chi connectivity index (χ2v) is 13.2. The number of hydrogen-bond acceptors (Lipinski definition) is 4. The Labute approximate surface area is 307 Å². The Hall–Kier alpha value is -6.52. The van der Waals surface area contributed by atoms with Crippen molar-refractivity contribution in [2.45, 2.75) is 27.7 Å². The molecule has 0 aromatic heterocycles. The van der Waals surface area contributed by atoms with Gasteiger partial charge in [0.05, 0.1) is 11.4 Å². The van der Waals surface area contributed by atoms with Crippen LogP contribution in [0.3, 0.4) is 0 Å². The van der Waals surface area contributed by atoms with Crippen molar-refractivity contribution in [3.8, 4) is 0 Å². The lowest BCUT2D eigenvalue weighted by molar-refractivity contribution is 1.27. The minimum Gasteiger partial charge on any atom is -0.311 e. The van der Waals surface area contributed by atoms with Gasteiger partial charge < -0.3 is 9.80 Å². The molecule has 7 rings (SSSR count). The molecule has 0 radical (unpaired) electrons. The van der Waals surface area contributed by atoms with Crippen molar-refractivity contribution in [2.24, 2.45) is 9.98 Å². The third-order valence-electron chi connectivity index (χ3n) is 9.03. The minimum absolute atomic E-state index is 0.849. The van der Waals surface area contributed by atoms with Crippen LogP contribution < -0.4 is 9.80 Å². The first-order valence-corrected chi connectivity index (χ1v) is 17.6. The maximum atomic E-state index is 4.78. The standard InChI is InChI=1S/C48H42N4/c1-35-8-20-43(21-9-35)51(44-22-10-36(2)11-23-44)47-28-16-39(17-29-47)33-49-41-6-5-7-42(32-41)50-34-40-18-30-48(31-19-40)52(45-24-12-37(3)13-25-45)46-26-14-38(4)15-27-46/h5-34H,1-4H3. The van der Waals surface area contributed by atoms with Gasteiger partial charge in [-0.1, -0.05) is 101 Å². The zero-order chi connectivity index (χ0) is 35.9. The van der Waals surface area contributed by atoms with E-state index in [9.17, 15) is 0 Å². The van der Waals surface area contributed by atoms with Crippen LogP contribution in [0.4, 0.5) is 45.5 Å². The summed E-state index contributed by atoms with van der Waals surface area (Å²) in [4.78, 5) is 14.1. The molecule has 7 aromatic carbocycles. The first-order valence-electron chi connectivity index (χ1n) is 17.6. The summed E-state index contributed by atoms with van der Waals surface area (Å²) in [6.07, 6.45) is 3.81. The van der Waals surface area contributed by atoms with Gasteiger partial charge in [-0.15, -0.1) is 0 Å². The Morgan fingerprint density at radius 2 is 0.577 bits per heavy atom. The van der Waals surface area contributed by atoms with Crippen LogP contribution in [0, 0.1) is 27.7 Å². The summed E-state index contributed by atoms with van der Waals surface area (Å²) >= 11 is 0. The first kappa shape index (κ1) is 34.0. The summed E-state index contributed by atoms with van der Waals surface area (Å²) in [5.74, 6) is 0. The maximum Gasteiger partial charge on any atom is 0.0651 e. The van der Waals surface area contributed by atoms with Gasteiger partial charge in [0.2, 0.25) is 0 Å². The lowest BCUT2D eigenvalue weighted by Gasteiger charge is -2.25. The Bertz CT molecular complexity index is 2030. The molecule has 0 spiro atoms. The Balaban J connectivity index is 1.05. The Kier molecular flexibility index (Phi) is 10.2. The van der Waals surface area contributed by atoms with Crippen molar-refractivity contribution < 1.29 is 0 Å². The first-order chi connectivity index (χ1) is 25.4. The van der Waals surface area contributed by atoms with E-state index >= 15 is 0 Å². The lowest BCUT2D eigenvalue weighted by Crippen LogP contribution is -2.09. The number of aliphatic imine (C=N–C) groups is 2. The minimum atomic E-state index is 0.849. The number of benzene rings is 7. The lowest BCUT2D eigenvalue weighted by atomic mass is 10.1. The van der Waals surface area contributed by atoms with Crippen molar-refractivity contribution in [2.75, 3.05) is 9.80 Å². The highest BCUT2D eigenvalue weighted by Crippen LogP contribution is 2.36. The van der Waals surface area contributed by atoms with Crippen molar-refractivity contribution in [3.05, 3.63) is 203 Å². The Morgan fingerprint density at radius 1 is 0.327 bits per heavy atom. The summed E-state index contributed by atoms with van der Waals surface area (Å²) in [5, 5.41) is 0. The maximum absolute atomic E-state index is 4.78. The molecule has 0 fully saturated rings. The molecule has 0 N–H and O–H groups in total. The topological polar surface area (TPSA) is 31.2 Å². The van der Waals surface area contributed by atoms with Crippen molar-refractivity contribution in [1.29, 1.82) is 0 Å². The molecule has 4 nitrogen and oxygen atoms in total. The van der Waals surface area contributed by atoms with Crippen LogP contribution in [-0.4, -0.2) is 12.4 Å². The number of rotatable bonds is 10. The van der Waals surface area contributed by atoms with Gasteiger partial charge >= 0.3 is 0 Å².